The maximum Gasteiger partial charge on any atom is 0.184 e. The van der Waals surface area contributed by atoms with Crippen molar-refractivity contribution in [3.05, 3.63) is 88.2 Å². The lowest BCUT2D eigenvalue weighted by molar-refractivity contribution is 0.301. The minimum Gasteiger partial charge on any atom is -0.490 e. The van der Waals surface area contributed by atoms with Crippen LogP contribution >= 0.6 is 11.6 Å². The zero-order valence-electron chi connectivity index (χ0n) is 15.5. The van der Waals surface area contributed by atoms with Gasteiger partial charge in [-0.05, 0) is 47.7 Å². The Morgan fingerprint density at radius 1 is 0.889 bits per heavy atom. The highest BCUT2D eigenvalue weighted by Gasteiger charge is 2.11. The summed E-state index contributed by atoms with van der Waals surface area (Å²) in [6.07, 6.45) is 4.55. The molecule has 0 spiro atoms. The number of hydrogen-bond donors (Lipinski definition) is 0. The summed E-state index contributed by atoms with van der Waals surface area (Å²) in [5, 5.41) is 0.0797. The van der Waals surface area contributed by atoms with Gasteiger partial charge in [-0.3, -0.25) is 0 Å². The van der Waals surface area contributed by atoms with E-state index in [1.165, 1.54) is 11.1 Å². The Morgan fingerprint density at radius 2 is 1.52 bits per heavy atom. The minimum atomic E-state index is -0.512. The number of ether oxygens (including phenoxy) is 1. The van der Waals surface area contributed by atoms with E-state index in [2.05, 4.69) is 43.3 Å². The molecule has 0 unspecified atom stereocenters. The van der Waals surface area contributed by atoms with Crippen LogP contribution in [0.25, 0.3) is 23.3 Å². The van der Waals surface area contributed by atoms with Gasteiger partial charge in [-0.1, -0.05) is 84.8 Å². The molecule has 0 bridgehead atoms. The summed E-state index contributed by atoms with van der Waals surface area (Å²) in [7, 11) is 0. The van der Waals surface area contributed by atoms with Crippen LogP contribution < -0.4 is 4.74 Å². The van der Waals surface area contributed by atoms with Crippen LogP contribution in [0.15, 0.2) is 60.7 Å². The van der Waals surface area contributed by atoms with E-state index in [4.69, 9.17) is 16.3 Å². The molecular formula is C24H22ClFO. The Hall–Kier alpha value is -2.58. The maximum atomic E-state index is 14.3. The van der Waals surface area contributed by atoms with Gasteiger partial charge < -0.3 is 4.74 Å². The Kier molecular flexibility index (Phi) is 6.31. The summed E-state index contributed by atoms with van der Waals surface area (Å²) in [5.41, 5.74) is 5.24. The predicted octanol–water partition coefficient (Wildman–Crippen LogP) is 7.41. The highest BCUT2D eigenvalue weighted by atomic mass is 35.5. The zero-order valence-corrected chi connectivity index (χ0v) is 16.3. The largest absolute Gasteiger partial charge is 0.490 e. The molecule has 0 aliphatic heterocycles. The zero-order chi connectivity index (χ0) is 19.2. The molecular weight excluding hydrogens is 359 g/mol. The van der Waals surface area contributed by atoms with Crippen molar-refractivity contribution in [1.82, 2.24) is 0 Å². The second kappa shape index (κ2) is 8.88. The third kappa shape index (κ3) is 4.78. The fourth-order valence-corrected chi connectivity index (χ4v) is 2.94. The van der Waals surface area contributed by atoms with E-state index >= 15 is 0 Å². The van der Waals surface area contributed by atoms with Gasteiger partial charge in [0.05, 0.1) is 11.6 Å². The molecule has 138 valence electrons. The van der Waals surface area contributed by atoms with Crippen LogP contribution in [0.4, 0.5) is 4.39 Å². The van der Waals surface area contributed by atoms with Gasteiger partial charge in [0.1, 0.15) is 0 Å². The number of hydrogen-bond acceptors (Lipinski definition) is 1. The molecule has 0 radical (unpaired) electrons. The Bertz CT molecular complexity index is 928. The number of benzene rings is 3. The first-order valence-electron chi connectivity index (χ1n) is 9.04. The van der Waals surface area contributed by atoms with Crippen molar-refractivity contribution in [2.24, 2.45) is 0 Å². The number of halogens is 2. The third-order valence-electron chi connectivity index (χ3n) is 4.29. The minimum absolute atomic E-state index is 0.0797. The molecule has 0 saturated carbocycles. The topological polar surface area (TPSA) is 9.23 Å². The molecule has 1 nitrogen and oxygen atoms in total. The van der Waals surface area contributed by atoms with Crippen molar-refractivity contribution in [2.45, 2.75) is 20.3 Å². The summed E-state index contributed by atoms with van der Waals surface area (Å²) >= 11 is 6.16. The summed E-state index contributed by atoms with van der Waals surface area (Å²) in [4.78, 5) is 0. The number of aryl methyl sites for hydroxylation is 1. The lowest BCUT2D eigenvalue weighted by atomic mass is 10.0. The summed E-state index contributed by atoms with van der Waals surface area (Å²) in [6.45, 7) is 4.52. The first-order valence-corrected chi connectivity index (χ1v) is 9.42. The van der Waals surface area contributed by atoms with Gasteiger partial charge in [0.25, 0.3) is 0 Å². The quantitative estimate of drug-likeness (QED) is 0.404. The van der Waals surface area contributed by atoms with Crippen LogP contribution in [0.2, 0.25) is 5.02 Å². The molecule has 0 fully saturated rings. The lowest BCUT2D eigenvalue weighted by Gasteiger charge is -2.08. The third-order valence-corrected chi connectivity index (χ3v) is 4.67. The highest BCUT2D eigenvalue weighted by Crippen LogP contribution is 2.30. The van der Waals surface area contributed by atoms with E-state index < -0.39 is 5.82 Å². The fourth-order valence-electron chi connectivity index (χ4n) is 2.72. The average Bonchev–Trinajstić information content (AvgIpc) is 2.69. The first kappa shape index (κ1) is 19.2. The van der Waals surface area contributed by atoms with E-state index in [0.717, 1.165) is 17.5 Å². The summed E-state index contributed by atoms with van der Waals surface area (Å²) in [5.74, 6) is -0.316. The fraction of sp³-hybridized carbons (Fsp3) is 0.167. The Labute approximate surface area is 165 Å². The van der Waals surface area contributed by atoms with E-state index in [0.29, 0.717) is 12.2 Å². The van der Waals surface area contributed by atoms with Gasteiger partial charge in [-0.25, -0.2) is 4.39 Å². The molecule has 0 N–H and O–H groups in total. The monoisotopic (exact) mass is 380 g/mol. The van der Waals surface area contributed by atoms with Gasteiger partial charge in [-0.2, -0.15) is 0 Å². The van der Waals surface area contributed by atoms with Crippen LogP contribution in [0, 0.1) is 12.7 Å². The molecule has 0 heterocycles. The van der Waals surface area contributed by atoms with Gasteiger partial charge in [0.2, 0.25) is 0 Å². The molecule has 3 aromatic carbocycles. The van der Waals surface area contributed by atoms with Crippen molar-refractivity contribution in [3.63, 3.8) is 0 Å². The van der Waals surface area contributed by atoms with Gasteiger partial charge in [-0.15, -0.1) is 0 Å². The van der Waals surface area contributed by atoms with Crippen LogP contribution in [0.1, 0.15) is 30.0 Å². The molecule has 3 rings (SSSR count). The van der Waals surface area contributed by atoms with Crippen molar-refractivity contribution in [3.8, 4) is 16.9 Å². The lowest BCUT2D eigenvalue weighted by Crippen LogP contribution is -1.98. The SMILES string of the molecule is CCCOc1ccc(C=Cc2ccc(-c3ccc(C)cc3)cc2)c(Cl)c1F. The van der Waals surface area contributed by atoms with Crippen molar-refractivity contribution >= 4 is 23.8 Å². The average molecular weight is 381 g/mol. The molecule has 27 heavy (non-hydrogen) atoms. The normalized spacial score (nSPS) is 11.1. The summed E-state index contributed by atoms with van der Waals surface area (Å²) < 4.78 is 19.7. The molecule has 3 aromatic rings. The van der Waals surface area contributed by atoms with E-state index in [1.807, 2.05) is 31.2 Å². The predicted molar refractivity (Wildman–Crippen MR) is 113 cm³/mol. The maximum absolute atomic E-state index is 14.3. The molecule has 0 amide bonds. The van der Waals surface area contributed by atoms with Crippen molar-refractivity contribution in [1.29, 1.82) is 0 Å². The second-order valence-electron chi connectivity index (χ2n) is 6.45. The Morgan fingerprint density at radius 3 is 2.15 bits per heavy atom. The van der Waals surface area contributed by atoms with Gasteiger partial charge >= 0.3 is 0 Å². The van der Waals surface area contributed by atoms with Crippen molar-refractivity contribution in [2.75, 3.05) is 6.61 Å². The van der Waals surface area contributed by atoms with Gasteiger partial charge in [0.15, 0.2) is 11.6 Å². The molecule has 0 atom stereocenters. The standard InChI is InChI=1S/C24H22ClFO/c1-3-16-27-22-15-14-21(23(25)24(22)26)13-8-18-6-11-20(12-7-18)19-9-4-17(2)5-10-19/h4-15H,3,16H2,1-2H3. The van der Waals surface area contributed by atoms with E-state index in [9.17, 15) is 4.39 Å². The molecule has 0 aromatic heterocycles. The number of rotatable bonds is 6. The smallest absolute Gasteiger partial charge is 0.184 e. The molecule has 0 aliphatic rings. The van der Waals surface area contributed by atoms with Crippen LogP contribution in [0.3, 0.4) is 0 Å². The van der Waals surface area contributed by atoms with E-state index in [-0.39, 0.29) is 10.8 Å². The van der Waals surface area contributed by atoms with Crippen LogP contribution in [-0.4, -0.2) is 6.61 Å². The second-order valence-corrected chi connectivity index (χ2v) is 6.83. The van der Waals surface area contributed by atoms with Crippen LogP contribution in [0.5, 0.6) is 5.75 Å². The molecule has 3 heteroatoms. The Balaban J connectivity index is 1.76. The first-order chi connectivity index (χ1) is 13.1. The van der Waals surface area contributed by atoms with Crippen LogP contribution in [-0.2, 0) is 0 Å². The van der Waals surface area contributed by atoms with Gasteiger partial charge in [0, 0.05) is 0 Å². The summed E-state index contributed by atoms with van der Waals surface area (Å²) in [6, 6.07) is 20.1. The molecule has 0 aliphatic carbocycles. The highest BCUT2D eigenvalue weighted by molar-refractivity contribution is 6.32. The van der Waals surface area contributed by atoms with Crippen molar-refractivity contribution < 1.29 is 9.13 Å². The van der Waals surface area contributed by atoms with E-state index in [1.54, 1.807) is 12.1 Å². The molecule has 0 saturated heterocycles.